The lowest BCUT2D eigenvalue weighted by atomic mass is 10.3. The predicted octanol–water partition coefficient (Wildman–Crippen LogP) is 1.38. The molecule has 1 rings (SSSR count). The quantitative estimate of drug-likeness (QED) is 0.829. The van der Waals surface area contributed by atoms with E-state index in [9.17, 15) is 9.59 Å². The minimum atomic E-state index is -0.698. The van der Waals surface area contributed by atoms with Crippen LogP contribution in [0.5, 0.6) is 5.75 Å². The number of hydrogen-bond donors (Lipinski definition) is 2. The first-order valence-electron chi connectivity index (χ1n) is 4.97. The van der Waals surface area contributed by atoms with Gasteiger partial charge in [-0.1, -0.05) is 22.0 Å². The summed E-state index contributed by atoms with van der Waals surface area (Å²) in [6.07, 6.45) is -0.698. The average Bonchev–Trinajstić information content (AvgIpc) is 2.25. The molecule has 0 saturated heterocycles. The predicted molar refractivity (Wildman–Crippen MR) is 66.2 cm³/mol. The van der Waals surface area contributed by atoms with Crippen LogP contribution in [0, 0.1) is 0 Å². The topological polar surface area (TPSA) is 67.4 Å². The zero-order valence-electron chi connectivity index (χ0n) is 9.49. The maximum Gasteiger partial charge on any atom is 0.279 e. The fraction of sp³-hybridized carbons (Fsp3) is 0.273. The fourth-order valence-corrected chi connectivity index (χ4v) is 1.43. The van der Waals surface area contributed by atoms with Crippen molar-refractivity contribution in [1.29, 1.82) is 0 Å². The van der Waals surface area contributed by atoms with Crippen LogP contribution < -0.4 is 15.6 Å². The van der Waals surface area contributed by atoms with E-state index in [2.05, 4.69) is 26.8 Å². The van der Waals surface area contributed by atoms with E-state index in [4.69, 9.17) is 4.74 Å². The number of benzene rings is 1. The molecule has 0 heterocycles. The second kappa shape index (κ2) is 6.24. The van der Waals surface area contributed by atoms with Crippen molar-refractivity contribution in [3.8, 4) is 5.75 Å². The molecule has 2 N–H and O–H groups in total. The van der Waals surface area contributed by atoms with Gasteiger partial charge in [0, 0.05) is 11.4 Å². The molecule has 0 aromatic heterocycles. The highest BCUT2D eigenvalue weighted by atomic mass is 79.9. The van der Waals surface area contributed by atoms with Crippen LogP contribution in [-0.2, 0) is 9.59 Å². The van der Waals surface area contributed by atoms with Crippen LogP contribution >= 0.6 is 15.9 Å². The minimum absolute atomic E-state index is 0.340. The number of carbonyl (C=O) groups is 2. The number of nitrogens with one attached hydrogen (secondary N) is 2. The van der Waals surface area contributed by atoms with Gasteiger partial charge in [-0.15, -0.1) is 0 Å². The summed E-state index contributed by atoms with van der Waals surface area (Å²) in [4.78, 5) is 22.1. The average molecular weight is 301 g/mol. The van der Waals surface area contributed by atoms with E-state index in [1.165, 1.54) is 6.92 Å². The molecule has 5 nitrogen and oxygen atoms in total. The van der Waals surface area contributed by atoms with E-state index in [-0.39, 0.29) is 5.91 Å². The van der Waals surface area contributed by atoms with Gasteiger partial charge in [-0.2, -0.15) is 0 Å². The SMILES string of the molecule is CC(=O)NNC(=O)C(C)Oc1cccc(Br)c1. The van der Waals surface area contributed by atoms with Gasteiger partial charge in [-0.25, -0.2) is 0 Å². The van der Waals surface area contributed by atoms with Crippen molar-refractivity contribution in [2.45, 2.75) is 20.0 Å². The lowest BCUT2D eigenvalue weighted by molar-refractivity contribution is -0.132. The van der Waals surface area contributed by atoms with Crippen molar-refractivity contribution in [3.05, 3.63) is 28.7 Å². The Hall–Kier alpha value is -1.56. The fourth-order valence-electron chi connectivity index (χ4n) is 1.05. The van der Waals surface area contributed by atoms with Gasteiger partial charge in [0.15, 0.2) is 6.10 Å². The molecule has 1 aromatic rings. The summed E-state index contributed by atoms with van der Waals surface area (Å²) in [6, 6.07) is 7.15. The second-order valence-corrected chi connectivity index (χ2v) is 4.30. The van der Waals surface area contributed by atoms with Gasteiger partial charge < -0.3 is 4.74 Å². The summed E-state index contributed by atoms with van der Waals surface area (Å²) >= 11 is 3.30. The van der Waals surface area contributed by atoms with Crippen LogP contribution in [0.4, 0.5) is 0 Å². The van der Waals surface area contributed by atoms with Crippen LogP contribution in [0.1, 0.15) is 13.8 Å². The highest BCUT2D eigenvalue weighted by Gasteiger charge is 2.14. The van der Waals surface area contributed by atoms with Gasteiger partial charge in [-0.05, 0) is 25.1 Å². The first kappa shape index (κ1) is 13.5. The Kier molecular flexibility index (Phi) is 4.96. The summed E-state index contributed by atoms with van der Waals surface area (Å²) in [5.41, 5.74) is 4.44. The maximum absolute atomic E-state index is 11.5. The minimum Gasteiger partial charge on any atom is -0.481 e. The first-order chi connectivity index (χ1) is 7.99. The van der Waals surface area contributed by atoms with Crippen molar-refractivity contribution in [2.75, 3.05) is 0 Å². The molecule has 17 heavy (non-hydrogen) atoms. The first-order valence-corrected chi connectivity index (χ1v) is 5.77. The molecule has 0 bridgehead atoms. The van der Waals surface area contributed by atoms with Gasteiger partial charge in [-0.3, -0.25) is 20.4 Å². The van der Waals surface area contributed by atoms with E-state index in [1.807, 2.05) is 6.07 Å². The number of hydrazine groups is 1. The van der Waals surface area contributed by atoms with Crippen LogP contribution in [-0.4, -0.2) is 17.9 Å². The Morgan fingerprint density at radius 2 is 2.06 bits per heavy atom. The molecule has 0 aliphatic heterocycles. The lowest BCUT2D eigenvalue weighted by Crippen LogP contribution is -2.46. The van der Waals surface area contributed by atoms with Gasteiger partial charge in [0.2, 0.25) is 5.91 Å². The highest BCUT2D eigenvalue weighted by Crippen LogP contribution is 2.18. The molecule has 1 unspecified atom stereocenters. The number of hydrogen-bond acceptors (Lipinski definition) is 3. The van der Waals surface area contributed by atoms with Crippen molar-refractivity contribution in [2.24, 2.45) is 0 Å². The number of halogens is 1. The van der Waals surface area contributed by atoms with Crippen LogP contribution in [0.3, 0.4) is 0 Å². The standard InChI is InChI=1S/C11H13BrN2O3/c1-7(11(16)14-13-8(2)15)17-10-5-3-4-9(12)6-10/h3-7H,1-2H3,(H,13,15)(H,14,16). The molecule has 0 aliphatic carbocycles. The molecule has 0 spiro atoms. The summed E-state index contributed by atoms with van der Waals surface area (Å²) in [5, 5.41) is 0. The number of ether oxygens (including phenoxy) is 1. The number of carbonyl (C=O) groups excluding carboxylic acids is 2. The molecule has 0 aliphatic rings. The number of amides is 2. The van der Waals surface area contributed by atoms with E-state index in [0.29, 0.717) is 5.75 Å². The molecule has 0 fully saturated rings. The Morgan fingerprint density at radius 1 is 1.35 bits per heavy atom. The normalized spacial score (nSPS) is 11.5. The smallest absolute Gasteiger partial charge is 0.279 e. The third kappa shape index (κ3) is 4.86. The Bertz CT molecular complexity index is 423. The number of rotatable bonds is 3. The van der Waals surface area contributed by atoms with Crippen LogP contribution in [0.25, 0.3) is 0 Å². The lowest BCUT2D eigenvalue weighted by Gasteiger charge is -2.14. The zero-order valence-corrected chi connectivity index (χ0v) is 11.1. The third-order valence-corrected chi connectivity index (χ3v) is 2.33. The van der Waals surface area contributed by atoms with Crippen molar-refractivity contribution < 1.29 is 14.3 Å². The Morgan fingerprint density at radius 3 is 2.65 bits per heavy atom. The summed E-state index contributed by atoms with van der Waals surface area (Å²) in [6.45, 7) is 2.90. The maximum atomic E-state index is 11.5. The van der Waals surface area contributed by atoms with Gasteiger partial charge in [0.1, 0.15) is 5.75 Å². The van der Waals surface area contributed by atoms with E-state index in [0.717, 1.165) is 4.47 Å². The zero-order chi connectivity index (χ0) is 12.8. The summed E-state index contributed by atoms with van der Waals surface area (Å²) in [7, 11) is 0. The van der Waals surface area contributed by atoms with Gasteiger partial charge in [0.05, 0.1) is 0 Å². The molecular formula is C11H13BrN2O3. The highest BCUT2D eigenvalue weighted by molar-refractivity contribution is 9.10. The second-order valence-electron chi connectivity index (χ2n) is 3.39. The van der Waals surface area contributed by atoms with Crippen LogP contribution in [0.15, 0.2) is 28.7 Å². The Labute approximate surface area is 108 Å². The monoisotopic (exact) mass is 300 g/mol. The molecule has 2 amide bonds. The van der Waals surface area contributed by atoms with Crippen molar-refractivity contribution in [3.63, 3.8) is 0 Å². The van der Waals surface area contributed by atoms with E-state index in [1.54, 1.807) is 25.1 Å². The van der Waals surface area contributed by atoms with Crippen molar-refractivity contribution >= 4 is 27.7 Å². The Balaban J connectivity index is 2.51. The van der Waals surface area contributed by atoms with E-state index >= 15 is 0 Å². The molecule has 0 saturated carbocycles. The van der Waals surface area contributed by atoms with Gasteiger partial charge >= 0.3 is 0 Å². The molecule has 0 radical (unpaired) electrons. The summed E-state index contributed by atoms with van der Waals surface area (Å²) in [5.74, 6) is -0.182. The van der Waals surface area contributed by atoms with Crippen molar-refractivity contribution in [1.82, 2.24) is 10.9 Å². The molecular weight excluding hydrogens is 288 g/mol. The van der Waals surface area contributed by atoms with E-state index < -0.39 is 12.0 Å². The molecule has 1 atom stereocenters. The largest absolute Gasteiger partial charge is 0.481 e. The van der Waals surface area contributed by atoms with Crippen LogP contribution in [0.2, 0.25) is 0 Å². The molecule has 6 heteroatoms. The molecule has 1 aromatic carbocycles. The summed E-state index contributed by atoms with van der Waals surface area (Å²) < 4.78 is 6.26. The third-order valence-electron chi connectivity index (χ3n) is 1.84. The molecule has 92 valence electrons. The van der Waals surface area contributed by atoms with Gasteiger partial charge in [0.25, 0.3) is 5.91 Å².